The molecule has 6 rings (SSSR count). The van der Waals surface area contributed by atoms with Crippen molar-refractivity contribution < 1.29 is 23.9 Å². The minimum absolute atomic E-state index is 0.0104. The molecule has 1 aromatic carbocycles. The molecule has 0 saturated heterocycles. The highest BCUT2D eigenvalue weighted by atomic mass is 16.5. The monoisotopic (exact) mass is 645 g/mol. The third-order valence-electron chi connectivity index (χ3n) is 15.6. The number of carbonyl (C=O) groups excluding carboxylic acids is 3. The van der Waals surface area contributed by atoms with Gasteiger partial charge >= 0.3 is 11.9 Å². The highest BCUT2D eigenvalue weighted by Crippen LogP contribution is 2.77. The van der Waals surface area contributed by atoms with Crippen molar-refractivity contribution in [3.8, 4) is 0 Å². The van der Waals surface area contributed by atoms with Crippen LogP contribution in [0.15, 0.2) is 36.4 Å². The van der Waals surface area contributed by atoms with E-state index in [4.69, 9.17) is 9.47 Å². The van der Waals surface area contributed by atoms with Crippen LogP contribution in [0.3, 0.4) is 0 Å². The summed E-state index contributed by atoms with van der Waals surface area (Å²) in [6, 6.07) is 7.35. The van der Waals surface area contributed by atoms with E-state index < -0.39 is 0 Å². The zero-order chi connectivity index (χ0) is 34.2. The number of hydrogen-bond acceptors (Lipinski definition) is 5. The number of methoxy groups -OCH3 is 1. The molecular formula is C41H59NO5. The van der Waals surface area contributed by atoms with Gasteiger partial charge in [-0.15, -0.1) is 0 Å². The van der Waals surface area contributed by atoms with E-state index in [-0.39, 0.29) is 51.0 Å². The molecule has 0 radical (unpaired) electrons. The molecule has 1 amide bonds. The fourth-order valence-electron chi connectivity index (χ4n) is 13.2. The summed E-state index contributed by atoms with van der Waals surface area (Å²) in [5.41, 5.74) is 2.87. The summed E-state index contributed by atoms with van der Waals surface area (Å²) in [6.07, 6.45) is 10.8. The Kier molecular flexibility index (Phi) is 8.57. The lowest BCUT2D eigenvalue weighted by molar-refractivity contribution is -0.248. The first-order chi connectivity index (χ1) is 22.0. The Morgan fingerprint density at radius 3 is 2.17 bits per heavy atom. The Balaban J connectivity index is 1.27. The summed E-state index contributed by atoms with van der Waals surface area (Å²) in [5.74, 6) is 2.00. The van der Waals surface area contributed by atoms with Gasteiger partial charge in [-0.2, -0.15) is 0 Å². The largest absolute Gasteiger partial charge is 0.465 e. The van der Waals surface area contributed by atoms with Crippen molar-refractivity contribution >= 4 is 17.8 Å². The van der Waals surface area contributed by atoms with E-state index in [1.54, 1.807) is 19.1 Å². The minimum atomic E-state index is -0.367. The van der Waals surface area contributed by atoms with Gasteiger partial charge in [-0.3, -0.25) is 9.59 Å². The summed E-state index contributed by atoms with van der Waals surface area (Å²) in [6.45, 7) is 21.2. The Hall–Kier alpha value is -2.63. The summed E-state index contributed by atoms with van der Waals surface area (Å²) < 4.78 is 10.8. The van der Waals surface area contributed by atoms with E-state index in [0.717, 1.165) is 44.1 Å². The molecule has 5 fully saturated rings. The van der Waals surface area contributed by atoms with Crippen LogP contribution in [0.2, 0.25) is 0 Å². The molecule has 5 saturated carbocycles. The zero-order valence-corrected chi connectivity index (χ0v) is 30.3. The number of hydrogen-bond donors (Lipinski definition) is 1. The molecule has 0 spiro atoms. The van der Waals surface area contributed by atoms with Crippen molar-refractivity contribution in [2.45, 2.75) is 125 Å². The Morgan fingerprint density at radius 2 is 1.53 bits per heavy atom. The third kappa shape index (κ3) is 5.04. The average Bonchev–Trinajstić information content (AvgIpc) is 3.43. The highest BCUT2D eigenvalue weighted by molar-refractivity contribution is 5.89. The van der Waals surface area contributed by atoms with E-state index in [1.165, 1.54) is 38.4 Å². The lowest BCUT2D eigenvalue weighted by atomic mass is 9.32. The van der Waals surface area contributed by atoms with E-state index in [1.807, 2.05) is 12.1 Å². The number of esters is 2. The molecule has 0 aromatic heterocycles. The number of nitrogens with one attached hydrogen (secondary N) is 1. The molecule has 5 aliphatic rings. The average molecular weight is 646 g/mol. The molecule has 0 aliphatic heterocycles. The molecule has 6 heteroatoms. The van der Waals surface area contributed by atoms with Crippen molar-refractivity contribution in [3.63, 3.8) is 0 Å². The molecule has 5 aliphatic carbocycles. The number of rotatable bonds is 6. The van der Waals surface area contributed by atoms with Gasteiger partial charge in [0, 0.05) is 18.9 Å². The molecule has 258 valence electrons. The van der Waals surface area contributed by atoms with Gasteiger partial charge in [0.15, 0.2) is 0 Å². The number of benzene rings is 1. The van der Waals surface area contributed by atoms with Crippen molar-refractivity contribution in [2.75, 3.05) is 7.11 Å². The Bertz CT molecular complexity index is 1430. The van der Waals surface area contributed by atoms with Crippen LogP contribution in [-0.2, 0) is 25.6 Å². The lowest BCUT2D eigenvalue weighted by Gasteiger charge is -2.72. The number of fused-ring (bicyclic) bond motifs is 7. The van der Waals surface area contributed by atoms with Crippen LogP contribution in [0.4, 0.5) is 0 Å². The van der Waals surface area contributed by atoms with Gasteiger partial charge < -0.3 is 14.8 Å². The van der Waals surface area contributed by atoms with Crippen LogP contribution < -0.4 is 5.32 Å². The van der Waals surface area contributed by atoms with Gasteiger partial charge in [-0.1, -0.05) is 58.9 Å². The SMILES string of the molecule is C=C(C)[C@@H]1CC[C@]2(C(=O)NCc3ccc(C(=O)OC)cc3)CC[C@]3(C)C(CCC4[C@@]5(C)CC[C@H](OC(C)=O)C(C)(C)C5CC[C@]43C)C12. The van der Waals surface area contributed by atoms with Crippen LogP contribution in [0, 0.1) is 56.7 Å². The lowest BCUT2D eigenvalue weighted by Crippen LogP contribution is -2.67. The van der Waals surface area contributed by atoms with Gasteiger partial charge in [0.05, 0.1) is 18.1 Å². The molecule has 47 heavy (non-hydrogen) atoms. The molecule has 1 aromatic rings. The van der Waals surface area contributed by atoms with Crippen LogP contribution in [0.1, 0.15) is 129 Å². The second-order valence-corrected chi connectivity index (χ2v) is 17.7. The minimum Gasteiger partial charge on any atom is -0.465 e. The van der Waals surface area contributed by atoms with Crippen molar-refractivity contribution in [1.29, 1.82) is 0 Å². The first-order valence-electron chi connectivity index (χ1n) is 18.3. The number of carbonyl (C=O) groups is 3. The maximum absolute atomic E-state index is 14.5. The Labute approximate surface area is 283 Å². The van der Waals surface area contributed by atoms with Gasteiger partial charge in [-0.25, -0.2) is 4.79 Å². The second kappa shape index (κ2) is 11.8. The number of ether oxygens (including phenoxy) is 2. The van der Waals surface area contributed by atoms with Gasteiger partial charge in [0.1, 0.15) is 6.10 Å². The topological polar surface area (TPSA) is 81.7 Å². The Morgan fingerprint density at radius 1 is 0.830 bits per heavy atom. The van der Waals surface area contributed by atoms with E-state index in [2.05, 4.69) is 53.4 Å². The summed E-state index contributed by atoms with van der Waals surface area (Å²) >= 11 is 0. The fraction of sp³-hybridized carbons (Fsp3) is 0.732. The highest BCUT2D eigenvalue weighted by Gasteiger charge is 2.72. The summed E-state index contributed by atoms with van der Waals surface area (Å²) in [5, 5.41) is 3.38. The molecule has 6 nitrogen and oxygen atoms in total. The standard InChI is InChI=1S/C41H59NO5/c1-25(2)29-16-21-41(36(45)42-24-27-10-12-28(13-11-27)35(44)46-9)23-22-39(7)30(34(29)41)14-15-32-38(6)19-18-33(47-26(3)43)37(4,5)31(38)17-20-40(32,39)8/h10-13,29-34H,1,14-24H2,2-9H3,(H,42,45)/t29-,30?,31?,32?,33-,34?,38-,39+,40+,41-/m0/s1. The van der Waals surface area contributed by atoms with E-state index in [9.17, 15) is 14.4 Å². The number of amides is 1. The third-order valence-corrected chi connectivity index (χ3v) is 15.6. The first kappa shape index (κ1) is 34.2. The number of allylic oxidation sites excluding steroid dienone is 1. The molecule has 10 atom stereocenters. The molecular weight excluding hydrogens is 586 g/mol. The maximum Gasteiger partial charge on any atom is 0.337 e. The van der Waals surface area contributed by atoms with Crippen LogP contribution >= 0.6 is 0 Å². The summed E-state index contributed by atoms with van der Waals surface area (Å²) in [4.78, 5) is 38.4. The quantitative estimate of drug-likeness (QED) is 0.247. The smallest absolute Gasteiger partial charge is 0.337 e. The van der Waals surface area contributed by atoms with Crippen molar-refractivity contribution in [2.24, 2.45) is 56.7 Å². The predicted molar refractivity (Wildman–Crippen MR) is 184 cm³/mol. The van der Waals surface area contributed by atoms with Gasteiger partial charge in [-0.05, 0) is 135 Å². The zero-order valence-electron chi connectivity index (χ0n) is 30.3. The first-order valence-corrected chi connectivity index (χ1v) is 18.3. The van der Waals surface area contributed by atoms with E-state index in [0.29, 0.717) is 41.7 Å². The van der Waals surface area contributed by atoms with Crippen molar-refractivity contribution in [3.05, 3.63) is 47.5 Å². The van der Waals surface area contributed by atoms with Crippen molar-refractivity contribution in [1.82, 2.24) is 5.32 Å². The predicted octanol–water partition coefficient (Wildman–Crippen LogP) is 8.68. The maximum atomic E-state index is 14.5. The molecule has 4 unspecified atom stereocenters. The van der Waals surface area contributed by atoms with Crippen LogP contribution in [-0.4, -0.2) is 31.1 Å². The fourth-order valence-corrected chi connectivity index (χ4v) is 13.2. The van der Waals surface area contributed by atoms with Crippen LogP contribution in [0.5, 0.6) is 0 Å². The normalized spacial score (nSPS) is 41.7. The summed E-state index contributed by atoms with van der Waals surface area (Å²) in [7, 11) is 1.39. The second-order valence-electron chi connectivity index (χ2n) is 17.7. The molecule has 1 N–H and O–H groups in total. The molecule has 0 bridgehead atoms. The molecule has 0 heterocycles. The van der Waals surface area contributed by atoms with Crippen LogP contribution in [0.25, 0.3) is 0 Å². The van der Waals surface area contributed by atoms with E-state index >= 15 is 0 Å². The van der Waals surface area contributed by atoms with Gasteiger partial charge in [0.2, 0.25) is 5.91 Å². The van der Waals surface area contributed by atoms with Gasteiger partial charge in [0.25, 0.3) is 0 Å².